The average molecular weight is 407 g/mol. The van der Waals surface area contributed by atoms with Gasteiger partial charge in [0.05, 0.1) is 17.6 Å². The van der Waals surface area contributed by atoms with E-state index >= 15 is 0 Å². The smallest absolute Gasteiger partial charge is 0.306 e. The molecule has 4 aromatic carbocycles. The van der Waals surface area contributed by atoms with Gasteiger partial charge in [0.15, 0.2) is 0 Å². The van der Waals surface area contributed by atoms with Crippen molar-refractivity contribution < 1.29 is 9.59 Å². The molecule has 1 heterocycles. The van der Waals surface area contributed by atoms with Gasteiger partial charge in [-0.2, -0.15) is 0 Å². The number of carbonyl (C=O) groups is 2. The minimum atomic E-state index is -0.498. The van der Waals surface area contributed by atoms with Crippen molar-refractivity contribution in [1.82, 2.24) is 10.4 Å². The number of rotatable bonds is 3. The van der Waals surface area contributed by atoms with E-state index < -0.39 is 12.0 Å². The van der Waals surface area contributed by atoms with Crippen LogP contribution in [0.25, 0.3) is 10.8 Å². The quantitative estimate of drug-likeness (QED) is 0.488. The Kier molecular flexibility index (Phi) is 4.84. The number of amides is 3. The van der Waals surface area contributed by atoms with Crippen LogP contribution in [0.15, 0.2) is 103 Å². The molecule has 0 radical (unpaired) electrons. The van der Waals surface area contributed by atoms with E-state index in [1.54, 1.807) is 0 Å². The van der Waals surface area contributed by atoms with Gasteiger partial charge in [-0.25, -0.2) is 9.80 Å². The highest BCUT2D eigenvalue weighted by atomic mass is 16.2. The van der Waals surface area contributed by atoms with E-state index in [1.807, 2.05) is 103 Å². The van der Waals surface area contributed by atoms with E-state index in [0.717, 1.165) is 21.9 Å². The molecule has 2 unspecified atom stereocenters. The SMILES string of the molecule is O=C1NN(C(=O)Nc2cccc3ccccc23)C(c2ccccc2)C1c1ccccc1. The lowest BCUT2D eigenvalue weighted by atomic mass is 9.87. The number of urea groups is 1. The third-order valence-corrected chi connectivity index (χ3v) is 5.66. The van der Waals surface area contributed by atoms with Gasteiger partial charge >= 0.3 is 6.03 Å². The molecular formula is C26H21N3O2. The molecular weight excluding hydrogens is 386 g/mol. The summed E-state index contributed by atoms with van der Waals surface area (Å²) in [6, 6.07) is 32.0. The third kappa shape index (κ3) is 3.51. The van der Waals surface area contributed by atoms with Gasteiger partial charge in [0.2, 0.25) is 5.91 Å². The number of nitrogens with zero attached hydrogens (tertiary/aromatic N) is 1. The van der Waals surface area contributed by atoms with Crippen LogP contribution in [0.5, 0.6) is 0 Å². The van der Waals surface area contributed by atoms with Gasteiger partial charge in [-0.15, -0.1) is 0 Å². The monoisotopic (exact) mass is 407 g/mol. The van der Waals surface area contributed by atoms with E-state index in [4.69, 9.17) is 0 Å². The Morgan fingerprint density at radius 2 is 1.35 bits per heavy atom. The molecule has 2 atom stereocenters. The summed E-state index contributed by atoms with van der Waals surface area (Å²) in [5, 5.41) is 6.38. The van der Waals surface area contributed by atoms with Gasteiger partial charge in [-0.1, -0.05) is 97.1 Å². The number of nitrogens with one attached hydrogen (secondary N) is 2. The molecule has 152 valence electrons. The second kappa shape index (κ2) is 7.95. The second-order valence-electron chi connectivity index (χ2n) is 7.55. The van der Waals surface area contributed by atoms with Gasteiger partial charge in [0, 0.05) is 5.39 Å². The van der Waals surface area contributed by atoms with Crippen molar-refractivity contribution in [1.29, 1.82) is 0 Å². The molecule has 0 saturated carbocycles. The van der Waals surface area contributed by atoms with Crippen molar-refractivity contribution >= 4 is 28.4 Å². The van der Waals surface area contributed by atoms with Crippen LogP contribution in [-0.4, -0.2) is 16.9 Å². The molecule has 1 saturated heterocycles. The van der Waals surface area contributed by atoms with Crippen molar-refractivity contribution in [2.45, 2.75) is 12.0 Å². The molecule has 5 rings (SSSR count). The molecule has 0 aliphatic carbocycles. The van der Waals surface area contributed by atoms with Crippen LogP contribution in [-0.2, 0) is 4.79 Å². The van der Waals surface area contributed by atoms with Crippen molar-refractivity contribution in [3.8, 4) is 0 Å². The zero-order valence-corrected chi connectivity index (χ0v) is 16.7. The summed E-state index contributed by atoms with van der Waals surface area (Å²) in [5.74, 6) is -0.699. The number of anilines is 1. The highest BCUT2D eigenvalue weighted by Crippen LogP contribution is 2.40. The van der Waals surface area contributed by atoms with Crippen LogP contribution >= 0.6 is 0 Å². The van der Waals surface area contributed by atoms with Gasteiger partial charge in [0.25, 0.3) is 0 Å². The van der Waals surface area contributed by atoms with Crippen molar-refractivity contribution in [2.24, 2.45) is 0 Å². The largest absolute Gasteiger partial charge is 0.341 e. The third-order valence-electron chi connectivity index (χ3n) is 5.66. The first-order valence-electron chi connectivity index (χ1n) is 10.2. The highest BCUT2D eigenvalue weighted by Gasteiger charge is 2.45. The summed E-state index contributed by atoms with van der Waals surface area (Å²) in [6.45, 7) is 0. The molecule has 4 aromatic rings. The maximum Gasteiger partial charge on any atom is 0.341 e. The van der Waals surface area contributed by atoms with Crippen molar-refractivity contribution in [3.63, 3.8) is 0 Å². The second-order valence-corrected chi connectivity index (χ2v) is 7.55. The summed E-state index contributed by atoms with van der Waals surface area (Å²) in [7, 11) is 0. The molecule has 0 bridgehead atoms. The minimum absolute atomic E-state index is 0.201. The molecule has 3 amide bonds. The van der Waals surface area contributed by atoms with Crippen molar-refractivity contribution in [3.05, 3.63) is 114 Å². The van der Waals surface area contributed by atoms with E-state index in [-0.39, 0.29) is 11.9 Å². The molecule has 1 fully saturated rings. The minimum Gasteiger partial charge on any atom is -0.306 e. The van der Waals surface area contributed by atoms with Crippen LogP contribution in [0, 0.1) is 0 Å². The van der Waals surface area contributed by atoms with Crippen LogP contribution in [0.1, 0.15) is 23.1 Å². The van der Waals surface area contributed by atoms with Crippen molar-refractivity contribution in [2.75, 3.05) is 5.32 Å². The van der Waals surface area contributed by atoms with Crippen LogP contribution < -0.4 is 10.7 Å². The number of carbonyl (C=O) groups excluding carboxylic acids is 2. The molecule has 5 nitrogen and oxygen atoms in total. The Balaban J connectivity index is 1.52. The molecule has 1 aliphatic heterocycles. The van der Waals surface area contributed by atoms with E-state index in [2.05, 4.69) is 10.7 Å². The van der Waals surface area contributed by atoms with Crippen LogP contribution in [0.4, 0.5) is 10.5 Å². The Morgan fingerprint density at radius 1 is 0.742 bits per heavy atom. The van der Waals surface area contributed by atoms with Gasteiger partial charge in [-0.05, 0) is 22.6 Å². The first-order chi connectivity index (χ1) is 15.2. The fraction of sp³-hybridized carbons (Fsp3) is 0.0769. The molecule has 5 heteroatoms. The standard InChI is InChI=1S/C26H21N3O2/c30-25-23(19-11-3-1-4-12-19)24(20-13-5-2-6-14-20)29(28-25)26(31)27-22-17-9-15-18-10-7-8-16-21(18)22/h1-17,23-24H,(H,27,31)(H,28,30). The number of fused-ring (bicyclic) bond motifs is 1. The van der Waals surface area contributed by atoms with Gasteiger partial charge < -0.3 is 5.32 Å². The van der Waals surface area contributed by atoms with E-state index in [1.165, 1.54) is 5.01 Å². The van der Waals surface area contributed by atoms with E-state index in [9.17, 15) is 9.59 Å². The normalized spacial score (nSPS) is 18.1. The molecule has 0 spiro atoms. The summed E-state index contributed by atoms with van der Waals surface area (Å²) in [5.41, 5.74) is 5.26. The molecule has 1 aliphatic rings. The van der Waals surface area contributed by atoms with Gasteiger partial charge in [0.1, 0.15) is 0 Å². The fourth-order valence-corrected chi connectivity index (χ4v) is 4.22. The summed E-state index contributed by atoms with van der Waals surface area (Å²) in [4.78, 5) is 26.4. The first-order valence-corrected chi connectivity index (χ1v) is 10.2. The predicted molar refractivity (Wildman–Crippen MR) is 121 cm³/mol. The fourth-order valence-electron chi connectivity index (χ4n) is 4.22. The maximum atomic E-state index is 13.4. The summed E-state index contributed by atoms with van der Waals surface area (Å²) in [6.07, 6.45) is 0. The Hall–Kier alpha value is -4.12. The Bertz CT molecular complexity index is 1240. The zero-order valence-electron chi connectivity index (χ0n) is 16.7. The predicted octanol–water partition coefficient (Wildman–Crippen LogP) is 5.24. The van der Waals surface area contributed by atoms with E-state index in [0.29, 0.717) is 5.69 Å². The lowest BCUT2D eigenvalue weighted by Crippen LogP contribution is -2.42. The first kappa shape index (κ1) is 18.9. The van der Waals surface area contributed by atoms with Crippen LogP contribution in [0.3, 0.4) is 0 Å². The Morgan fingerprint density at radius 3 is 2.10 bits per heavy atom. The van der Waals surface area contributed by atoms with Gasteiger partial charge in [-0.3, -0.25) is 10.2 Å². The number of hydrogen-bond donors (Lipinski definition) is 2. The molecule has 0 aromatic heterocycles. The average Bonchev–Trinajstić information content (AvgIpc) is 3.18. The lowest BCUT2D eigenvalue weighted by molar-refractivity contribution is -0.121. The number of hydrogen-bond acceptors (Lipinski definition) is 2. The number of hydrazine groups is 1. The highest BCUT2D eigenvalue weighted by molar-refractivity contribution is 6.03. The Labute approximate surface area is 180 Å². The molecule has 2 N–H and O–H groups in total. The summed E-state index contributed by atoms with van der Waals surface area (Å²) < 4.78 is 0. The molecule has 31 heavy (non-hydrogen) atoms. The maximum absolute atomic E-state index is 13.4. The zero-order chi connectivity index (χ0) is 21.2. The van der Waals surface area contributed by atoms with Crippen LogP contribution in [0.2, 0.25) is 0 Å². The summed E-state index contributed by atoms with van der Waals surface area (Å²) >= 11 is 0. The lowest BCUT2D eigenvalue weighted by Gasteiger charge is -2.27. The number of benzene rings is 4. The topological polar surface area (TPSA) is 61.4 Å².